The predicted molar refractivity (Wildman–Crippen MR) is 86.6 cm³/mol. The lowest BCUT2D eigenvalue weighted by Crippen LogP contribution is -2.05. The van der Waals surface area contributed by atoms with Crippen LogP contribution in [0.15, 0.2) is 42.5 Å². The molecule has 0 fully saturated rings. The van der Waals surface area contributed by atoms with E-state index < -0.39 is 0 Å². The maximum atomic E-state index is 6.06. The first kappa shape index (κ1) is 14.2. The molecule has 0 saturated heterocycles. The summed E-state index contributed by atoms with van der Waals surface area (Å²) in [5.41, 5.74) is 11.3. The zero-order chi connectivity index (χ0) is 14.8. The Morgan fingerprint density at radius 3 is 2.62 bits per heavy atom. The molecule has 0 saturated carbocycles. The monoisotopic (exact) mass is 281 g/mol. The van der Waals surface area contributed by atoms with E-state index in [4.69, 9.17) is 10.5 Å². The molecule has 1 aliphatic carbocycles. The first-order chi connectivity index (χ1) is 10.1. The summed E-state index contributed by atoms with van der Waals surface area (Å²) < 4.78 is 5.91. The Morgan fingerprint density at radius 1 is 1.14 bits per heavy atom. The fraction of sp³-hybridized carbons (Fsp3) is 0.368. The molecule has 1 aliphatic rings. The van der Waals surface area contributed by atoms with Crippen molar-refractivity contribution in [1.29, 1.82) is 0 Å². The van der Waals surface area contributed by atoms with E-state index >= 15 is 0 Å². The Labute approximate surface area is 126 Å². The number of ether oxygens (including phenoxy) is 1. The number of hydrogen-bond donors (Lipinski definition) is 1. The molecule has 2 aromatic rings. The molecule has 2 nitrogen and oxygen atoms in total. The zero-order valence-electron chi connectivity index (χ0n) is 12.8. The van der Waals surface area contributed by atoms with Crippen LogP contribution in [-0.2, 0) is 13.0 Å². The van der Waals surface area contributed by atoms with Gasteiger partial charge in [0.15, 0.2) is 0 Å². The Morgan fingerprint density at radius 2 is 1.90 bits per heavy atom. The van der Waals surface area contributed by atoms with Crippen molar-refractivity contribution in [2.45, 2.75) is 45.3 Å². The van der Waals surface area contributed by atoms with Gasteiger partial charge in [0.2, 0.25) is 0 Å². The SMILES string of the molecule is CC(C)c1ccc(COc2ccc3c(c2)CC[C@H]3N)cc1. The average molecular weight is 281 g/mol. The van der Waals surface area contributed by atoms with Crippen LogP contribution < -0.4 is 10.5 Å². The third kappa shape index (κ3) is 3.11. The number of nitrogens with two attached hydrogens (primary N) is 1. The van der Waals surface area contributed by atoms with Crippen molar-refractivity contribution in [3.05, 3.63) is 64.7 Å². The second kappa shape index (κ2) is 5.90. The molecule has 110 valence electrons. The summed E-state index contributed by atoms with van der Waals surface area (Å²) in [7, 11) is 0. The lowest BCUT2D eigenvalue weighted by atomic mass is 10.0. The van der Waals surface area contributed by atoms with Crippen LogP contribution in [0.4, 0.5) is 0 Å². The largest absolute Gasteiger partial charge is 0.489 e. The molecule has 0 aliphatic heterocycles. The van der Waals surface area contributed by atoms with E-state index in [0.717, 1.165) is 18.6 Å². The minimum absolute atomic E-state index is 0.206. The molecule has 2 N–H and O–H groups in total. The molecule has 2 aromatic carbocycles. The second-order valence-electron chi connectivity index (χ2n) is 6.19. The van der Waals surface area contributed by atoms with Gasteiger partial charge in [0, 0.05) is 6.04 Å². The Kier molecular flexibility index (Phi) is 3.98. The molecule has 0 radical (unpaired) electrons. The first-order valence-electron chi connectivity index (χ1n) is 7.73. The first-order valence-corrected chi connectivity index (χ1v) is 7.73. The lowest BCUT2D eigenvalue weighted by molar-refractivity contribution is 0.306. The van der Waals surface area contributed by atoms with E-state index in [0.29, 0.717) is 12.5 Å². The summed E-state index contributed by atoms with van der Waals surface area (Å²) in [6.07, 6.45) is 2.12. The van der Waals surface area contributed by atoms with Crippen LogP contribution >= 0.6 is 0 Å². The number of benzene rings is 2. The molecular formula is C19H23NO. The third-order valence-corrected chi connectivity index (χ3v) is 4.29. The van der Waals surface area contributed by atoms with Gasteiger partial charge in [-0.2, -0.15) is 0 Å². The quantitative estimate of drug-likeness (QED) is 0.905. The molecule has 21 heavy (non-hydrogen) atoms. The second-order valence-corrected chi connectivity index (χ2v) is 6.19. The highest BCUT2D eigenvalue weighted by molar-refractivity contribution is 5.40. The molecule has 2 heteroatoms. The fourth-order valence-corrected chi connectivity index (χ4v) is 2.88. The minimum Gasteiger partial charge on any atom is -0.489 e. The van der Waals surface area contributed by atoms with Gasteiger partial charge in [-0.1, -0.05) is 44.2 Å². The van der Waals surface area contributed by atoms with Gasteiger partial charge in [-0.15, -0.1) is 0 Å². The van der Waals surface area contributed by atoms with Gasteiger partial charge in [-0.05, 0) is 53.1 Å². The Balaban J connectivity index is 1.65. The molecule has 0 heterocycles. The molecular weight excluding hydrogens is 258 g/mol. The van der Waals surface area contributed by atoms with Crippen molar-refractivity contribution in [3.63, 3.8) is 0 Å². The summed E-state index contributed by atoms with van der Waals surface area (Å²) in [6, 6.07) is 15.2. The van der Waals surface area contributed by atoms with Crippen LogP contribution in [-0.4, -0.2) is 0 Å². The molecule has 0 unspecified atom stereocenters. The van der Waals surface area contributed by atoms with Gasteiger partial charge in [0.05, 0.1) is 0 Å². The summed E-state index contributed by atoms with van der Waals surface area (Å²) in [5.74, 6) is 1.51. The average Bonchev–Trinajstić information content (AvgIpc) is 2.86. The summed E-state index contributed by atoms with van der Waals surface area (Å²) in [6.45, 7) is 5.03. The van der Waals surface area contributed by atoms with Crippen LogP contribution in [0.1, 0.15) is 54.5 Å². The van der Waals surface area contributed by atoms with Gasteiger partial charge in [-0.3, -0.25) is 0 Å². The van der Waals surface area contributed by atoms with Crippen LogP contribution in [0.3, 0.4) is 0 Å². The molecule has 0 amide bonds. The van der Waals surface area contributed by atoms with Gasteiger partial charge >= 0.3 is 0 Å². The van der Waals surface area contributed by atoms with E-state index in [9.17, 15) is 0 Å². The third-order valence-electron chi connectivity index (χ3n) is 4.29. The highest BCUT2D eigenvalue weighted by atomic mass is 16.5. The van der Waals surface area contributed by atoms with E-state index in [-0.39, 0.29) is 6.04 Å². The predicted octanol–water partition coefficient (Wildman–Crippen LogP) is 4.34. The van der Waals surface area contributed by atoms with Crippen molar-refractivity contribution in [2.24, 2.45) is 5.73 Å². The molecule has 0 aromatic heterocycles. The summed E-state index contributed by atoms with van der Waals surface area (Å²) >= 11 is 0. The summed E-state index contributed by atoms with van der Waals surface area (Å²) in [5, 5.41) is 0. The van der Waals surface area contributed by atoms with Crippen molar-refractivity contribution in [2.75, 3.05) is 0 Å². The maximum Gasteiger partial charge on any atom is 0.120 e. The Hall–Kier alpha value is -1.80. The fourth-order valence-electron chi connectivity index (χ4n) is 2.88. The number of aryl methyl sites for hydroxylation is 1. The van der Waals surface area contributed by atoms with Gasteiger partial charge in [-0.25, -0.2) is 0 Å². The molecule has 0 bridgehead atoms. The van der Waals surface area contributed by atoms with Crippen molar-refractivity contribution in [3.8, 4) is 5.75 Å². The topological polar surface area (TPSA) is 35.2 Å². The van der Waals surface area contributed by atoms with Crippen LogP contribution in [0.5, 0.6) is 5.75 Å². The highest BCUT2D eigenvalue weighted by Gasteiger charge is 2.19. The van der Waals surface area contributed by atoms with Crippen LogP contribution in [0.25, 0.3) is 0 Å². The Bertz CT molecular complexity index is 616. The van der Waals surface area contributed by atoms with Crippen molar-refractivity contribution in [1.82, 2.24) is 0 Å². The standard InChI is InChI=1S/C19H23NO/c1-13(2)15-5-3-14(4-6-15)12-21-17-8-9-18-16(11-17)7-10-19(18)20/h3-6,8-9,11,13,19H,7,10,12,20H2,1-2H3/t19-/m1/s1. The van der Waals surface area contributed by atoms with Crippen LogP contribution in [0, 0.1) is 0 Å². The van der Waals surface area contributed by atoms with Crippen LogP contribution in [0.2, 0.25) is 0 Å². The number of hydrogen-bond acceptors (Lipinski definition) is 2. The molecule has 3 rings (SSSR count). The van der Waals surface area contributed by atoms with E-state index in [1.54, 1.807) is 0 Å². The number of fused-ring (bicyclic) bond motifs is 1. The van der Waals surface area contributed by atoms with Gasteiger partial charge < -0.3 is 10.5 Å². The van der Waals surface area contributed by atoms with E-state index in [1.165, 1.54) is 22.3 Å². The number of rotatable bonds is 4. The smallest absolute Gasteiger partial charge is 0.120 e. The molecule has 1 atom stereocenters. The minimum atomic E-state index is 0.206. The zero-order valence-corrected chi connectivity index (χ0v) is 12.8. The van der Waals surface area contributed by atoms with Crippen molar-refractivity contribution < 1.29 is 4.74 Å². The summed E-state index contributed by atoms with van der Waals surface area (Å²) in [4.78, 5) is 0. The van der Waals surface area contributed by atoms with Gasteiger partial charge in [0.1, 0.15) is 12.4 Å². The normalized spacial score (nSPS) is 17.0. The van der Waals surface area contributed by atoms with E-state index in [2.05, 4.69) is 50.2 Å². The maximum absolute atomic E-state index is 6.06. The van der Waals surface area contributed by atoms with Gasteiger partial charge in [0.25, 0.3) is 0 Å². The lowest BCUT2D eigenvalue weighted by Gasteiger charge is -2.10. The van der Waals surface area contributed by atoms with E-state index in [1.807, 2.05) is 6.07 Å². The highest BCUT2D eigenvalue weighted by Crippen LogP contribution is 2.32. The van der Waals surface area contributed by atoms with Crippen molar-refractivity contribution >= 4 is 0 Å². The molecule has 0 spiro atoms.